The number of nitrogens with two attached hydrogens (primary N) is 1. The van der Waals surface area contributed by atoms with Crippen molar-refractivity contribution >= 4 is 21.4 Å². The van der Waals surface area contributed by atoms with Gasteiger partial charge in [0.05, 0.1) is 21.9 Å². The number of nitrogens with zero attached hydrogens (tertiary/aromatic N) is 1. The van der Waals surface area contributed by atoms with Crippen LogP contribution >= 0.6 is 0 Å². The van der Waals surface area contributed by atoms with Gasteiger partial charge in [0.1, 0.15) is 0 Å². The Kier molecular flexibility index (Phi) is 3.95. The second kappa shape index (κ2) is 5.23. The summed E-state index contributed by atoms with van der Waals surface area (Å²) in [7, 11) is -2.10. The maximum absolute atomic E-state index is 11.8. The van der Waals surface area contributed by atoms with E-state index in [1.165, 1.54) is 13.1 Å². The Bertz CT molecular complexity index is 589. The van der Waals surface area contributed by atoms with Crippen molar-refractivity contribution in [3.8, 4) is 0 Å². The van der Waals surface area contributed by atoms with Crippen molar-refractivity contribution in [3.05, 3.63) is 18.2 Å². The van der Waals surface area contributed by atoms with Gasteiger partial charge in [-0.15, -0.1) is 0 Å². The van der Waals surface area contributed by atoms with E-state index in [1.807, 2.05) is 11.8 Å². The van der Waals surface area contributed by atoms with Crippen molar-refractivity contribution in [2.75, 3.05) is 30.8 Å². The highest BCUT2D eigenvalue weighted by atomic mass is 32.2. The standard InChI is InChI=1S/C13H21N3O3S/c1-13(17)5-7-16(8-6-13)12-9-10(3-4-11(12)14)20(18,19)15-2/h3-4,9,15,17H,5-8,14H2,1-2H3. The maximum Gasteiger partial charge on any atom is 0.240 e. The molecule has 0 atom stereocenters. The van der Waals surface area contributed by atoms with Gasteiger partial charge in [0.15, 0.2) is 0 Å². The van der Waals surface area contributed by atoms with E-state index in [4.69, 9.17) is 5.73 Å². The van der Waals surface area contributed by atoms with E-state index in [0.29, 0.717) is 37.3 Å². The number of benzene rings is 1. The SMILES string of the molecule is CNS(=O)(=O)c1ccc(N)c(N2CCC(C)(O)CC2)c1. The summed E-state index contributed by atoms with van der Waals surface area (Å²) in [6.07, 6.45) is 1.27. The van der Waals surface area contributed by atoms with Gasteiger partial charge in [-0.3, -0.25) is 0 Å². The van der Waals surface area contributed by atoms with Gasteiger partial charge >= 0.3 is 0 Å². The molecule has 7 heteroatoms. The van der Waals surface area contributed by atoms with Crippen LogP contribution in [0, 0.1) is 0 Å². The summed E-state index contributed by atoms with van der Waals surface area (Å²) >= 11 is 0. The number of sulfonamides is 1. The van der Waals surface area contributed by atoms with Crippen molar-refractivity contribution in [1.29, 1.82) is 0 Å². The Morgan fingerprint density at radius 2 is 1.95 bits per heavy atom. The van der Waals surface area contributed by atoms with Crippen molar-refractivity contribution in [2.45, 2.75) is 30.3 Å². The molecule has 0 bridgehead atoms. The zero-order valence-corrected chi connectivity index (χ0v) is 12.6. The van der Waals surface area contributed by atoms with Crippen molar-refractivity contribution in [1.82, 2.24) is 4.72 Å². The lowest BCUT2D eigenvalue weighted by molar-refractivity contribution is 0.0351. The van der Waals surface area contributed by atoms with Crippen LogP contribution in [0.1, 0.15) is 19.8 Å². The molecule has 0 amide bonds. The first kappa shape index (κ1) is 15.1. The third kappa shape index (κ3) is 3.05. The molecule has 1 aliphatic rings. The van der Waals surface area contributed by atoms with Gasteiger partial charge in [-0.1, -0.05) is 0 Å². The number of anilines is 2. The van der Waals surface area contributed by atoms with Gasteiger partial charge in [0.2, 0.25) is 10.0 Å². The molecule has 0 unspecified atom stereocenters. The molecule has 0 spiro atoms. The minimum Gasteiger partial charge on any atom is -0.397 e. The molecule has 1 aliphatic heterocycles. The molecular weight excluding hydrogens is 278 g/mol. The van der Waals surface area contributed by atoms with E-state index in [-0.39, 0.29) is 4.90 Å². The van der Waals surface area contributed by atoms with Crippen LogP contribution in [0.4, 0.5) is 11.4 Å². The Hall–Kier alpha value is -1.31. The monoisotopic (exact) mass is 299 g/mol. The summed E-state index contributed by atoms with van der Waals surface area (Å²) in [6.45, 7) is 3.12. The van der Waals surface area contributed by atoms with Gasteiger partial charge in [-0.05, 0) is 45.0 Å². The Morgan fingerprint density at radius 3 is 2.50 bits per heavy atom. The van der Waals surface area contributed by atoms with Crippen LogP contribution in [0.3, 0.4) is 0 Å². The predicted octanol–water partition coefficient (Wildman–Crippen LogP) is 0.528. The number of hydrogen-bond donors (Lipinski definition) is 3. The summed E-state index contributed by atoms with van der Waals surface area (Å²) in [6, 6.07) is 4.68. The first-order valence-electron chi connectivity index (χ1n) is 6.56. The molecule has 2 rings (SSSR count). The fraction of sp³-hybridized carbons (Fsp3) is 0.538. The fourth-order valence-electron chi connectivity index (χ4n) is 2.31. The lowest BCUT2D eigenvalue weighted by Gasteiger charge is -2.37. The topological polar surface area (TPSA) is 95.7 Å². The number of aliphatic hydroxyl groups is 1. The zero-order chi connectivity index (χ0) is 15.0. The van der Waals surface area contributed by atoms with Gasteiger partial charge < -0.3 is 15.7 Å². The average molecular weight is 299 g/mol. The molecule has 0 radical (unpaired) electrons. The molecule has 0 saturated carbocycles. The summed E-state index contributed by atoms with van der Waals surface area (Å²) < 4.78 is 26.0. The van der Waals surface area contributed by atoms with Gasteiger partial charge in [-0.2, -0.15) is 0 Å². The lowest BCUT2D eigenvalue weighted by atomic mass is 9.93. The maximum atomic E-state index is 11.8. The Morgan fingerprint density at radius 1 is 1.35 bits per heavy atom. The van der Waals surface area contributed by atoms with Crippen LogP contribution in [-0.4, -0.2) is 39.3 Å². The molecule has 20 heavy (non-hydrogen) atoms. The molecule has 6 nitrogen and oxygen atoms in total. The molecular formula is C13H21N3O3S. The van der Waals surface area contributed by atoms with E-state index in [9.17, 15) is 13.5 Å². The second-order valence-corrected chi connectivity index (χ2v) is 7.30. The van der Waals surface area contributed by atoms with Crippen LogP contribution in [0.15, 0.2) is 23.1 Å². The van der Waals surface area contributed by atoms with E-state index >= 15 is 0 Å². The Balaban J connectivity index is 2.31. The molecule has 1 aromatic rings. The van der Waals surface area contributed by atoms with Gasteiger partial charge in [0, 0.05) is 13.1 Å². The third-order valence-corrected chi connectivity index (χ3v) is 5.17. The molecule has 1 fully saturated rings. The predicted molar refractivity (Wildman–Crippen MR) is 79.2 cm³/mol. The number of nitrogens with one attached hydrogen (secondary N) is 1. The highest BCUT2D eigenvalue weighted by Gasteiger charge is 2.28. The van der Waals surface area contributed by atoms with Crippen molar-refractivity contribution in [2.24, 2.45) is 0 Å². The summed E-state index contributed by atoms with van der Waals surface area (Å²) in [5.41, 5.74) is 6.55. The van der Waals surface area contributed by atoms with Gasteiger partial charge in [0.25, 0.3) is 0 Å². The number of nitrogen functional groups attached to an aromatic ring is 1. The third-order valence-electron chi connectivity index (χ3n) is 3.76. The van der Waals surface area contributed by atoms with Crippen LogP contribution in [0.2, 0.25) is 0 Å². The first-order chi connectivity index (χ1) is 9.25. The molecule has 112 valence electrons. The molecule has 4 N–H and O–H groups in total. The van der Waals surface area contributed by atoms with Crippen LogP contribution in [-0.2, 0) is 10.0 Å². The van der Waals surface area contributed by atoms with Crippen LogP contribution < -0.4 is 15.4 Å². The molecule has 1 aromatic carbocycles. The number of piperidine rings is 1. The normalized spacial score (nSPS) is 19.1. The smallest absolute Gasteiger partial charge is 0.240 e. The quantitative estimate of drug-likeness (QED) is 0.708. The number of hydrogen-bond acceptors (Lipinski definition) is 5. The molecule has 1 saturated heterocycles. The van der Waals surface area contributed by atoms with E-state index in [2.05, 4.69) is 4.72 Å². The van der Waals surface area contributed by atoms with E-state index in [1.54, 1.807) is 12.1 Å². The first-order valence-corrected chi connectivity index (χ1v) is 8.04. The van der Waals surface area contributed by atoms with E-state index < -0.39 is 15.6 Å². The highest BCUT2D eigenvalue weighted by molar-refractivity contribution is 7.89. The molecule has 1 heterocycles. The minimum atomic E-state index is -3.48. The molecule has 0 aliphatic carbocycles. The molecule has 0 aromatic heterocycles. The summed E-state index contributed by atoms with van der Waals surface area (Å²) in [5.74, 6) is 0. The lowest BCUT2D eigenvalue weighted by Crippen LogP contribution is -2.42. The fourth-order valence-corrected chi connectivity index (χ4v) is 3.06. The largest absolute Gasteiger partial charge is 0.397 e. The van der Waals surface area contributed by atoms with E-state index in [0.717, 1.165) is 0 Å². The van der Waals surface area contributed by atoms with Crippen molar-refractivity contribution < 1.29 is 13.5 Å². The average Bonchev–Trinajstić information content (AvgIpc) is 2.39. The van der Waals surface area contributed by atoms with Crippen molar-refractivity contribution in [3.63, 3.8) is 0 Å². The van der Waals surface area contributed by atoms with Crippen LogP contribution in [0.25, 0.3) is 0 Å². The Labute approximate surface area is 119 Å². The minimum absolute atomic E-state index is 0.196. The zero-order valence-electron chi connectivity index (χ0n) is 11.8. The summed E-state index contributed by atoms with van der Waals surface area (Å²) in [4.78, 5) is 2.21. The van der Waals surface area contributed by atoms with Gasteiger partial charge in [-0.25, -0.2) is 13.1 Å². The number of rotatable bonds is 3. The highest BCUT2D eigenvalue weighted by Crippen LogP contribution is 2.31. The summed E-state index contributed by atoms with van der Waals surface area (Å²) in [5, 5.41) is 9.97. The second-order valence-electron chi connectivity index (χ2n) is 5.41. The van der Waals surface area contributed by atoms with Crippen LogP contribution in [0.5, 0.6) is 0 Å².